The molecule has 0 atom stereocenters. The number of methoxy groups -OCH3 is 2. The molecule has 0 heterocycles. The van der Waals surface area contributed by atoms with Crippen LogP contribution in [0.4, 0.5) is 21.0 Å². The minimum atomic E-state index is -4.20. The number of anilines is 2. The molecule has 0 bridgehead atoms. The zero-order valence-electron chi connectivity index (χ0n) is 23.0. The lowest BCUT2D eigenvalue weighted by Crippen LogP contribution is -2.34. The Hall–Kier alpha value is -4.82. The maximum absolute atomic E-state index is 12.8. The van der Waals surface area contributed by atoms with E-state index in [4.69, 9.17) is 9.47 Å². The van der Waals surface area contributed by atoms with Gasteiger partial charge in [-0.2, -0.15) is 0 Å². The molecule has 0 aromatic heterocycles. The summed E-state index contributed by atoms with van der Waals surface area (Å²) < 4.78 is 65.5. The molecular weight excluding hydrogens is 584 g/mol. The van der Waals surface area contributed by atoms with Crippen LogP contribution in [-0.4, -0.2) is 43.1 Å². The molecule has 0 saturated heterocycles. The number of hydrogen-bond acceptors (Lipinski definition) is 8. The first-order valence-electron chi connectivity index (χ1n) is 12.3. The number of benzene rings is 4. The minimum Gasteiger partial charge on any atom is -0.496 e. The van der Waals surface area contributed by atoms with Crippen LogP contribution in [0.15, 0.2) is 82.6 Å². The predicted octanol–water partition coefficient (Wildman–Crippen LogP) is 4.49. The summed E-state index contributed by atoms with van der Waals surface area (Å²) in [4.78, 5) is 24.9. The first-order valence-corrected chi connectivity index (χ1v) is 15.3. The third-order valence-electron chi connectivity index (χ3n) is 6.30. The number of amides is 4. The Balaban J connectivity index is 1.47. The lowest BCUT2D eigenvalue weighted by Gasteiger charge is -2.13. The fourth-order valence-electron chi connectivity index (χ4n) is 4.28. The number of carbonyl (C=O) groups is 2. The molecule has 0 aliphatic rings. The van der Waals surface area contributed by atoms with E-state index in [2.05, 4.69) is 10.6 Å². The molecule has 14 heteroatoms. The molecule has 0 saturated carbocycles. The standard InChI is InChI=1S/C28H28N4O8S2/c1-17-23(39-3)7-5-9-25(17)41(35,36)31-27(33)29-21-13-11-19-12-14-22(16-20(19)15-21)30-28(34)32-42(37,38)26-10-6-8-24(40-4)18(26)2/h5-16H,1-4H3,(H2,29,31,33)(H2,30,32,34). The van der Waals surface area contributed by atoms with E-state index in [1.165, 1.54) is 38.5 Å². The Labute approximate surface area is 243 Å². The van der Waals surface area contributed by atoms with E-state index in [0.717, 1.165) is 5.39 Å². The summed E-state index contributed by atoms with van der Waals surface area (Å²) in [6.45, 7) is 3.13. The summed E-state index contributed by atoms with van der Waals surface area (Å²) in [7, 11) is -5.57. The highest BCUT2D eigenvalue weighted by molar-refractivity contribution is 7.90. The Kier molecular flexibility index (Phi) is 8.59. The van der Waals surface area contributed by atoms with Crippen LogP contribution < -0.4 is 29.6 Å². The van der Waals surface area contributed by atoms with Crippen molar-refractivity contribution in [3.63, 3.8) is 0 Å². The van der Waals surface area contributed by atoms with Crippen LogP contribution >= 0.6 is 0 Å². The molecule has 0 radical (unpaired) electrons. The summed E-state index contributed by atoms with van der Waals surface area (Å²) in [5.74, 6) is 0.720. The van der Waals surface area contributed by atoms with Crippen molar-refractivity contribution in [2.75, 3.05) is 24.9 Å². The number of hydrogen-bond donors (Lipinski definition) is 4. The molecule has 0 unspecified atom stereocenters. The largest absolute Gasteiger partial charge is 0.496 e. The van der Waals surface area contributed by atoms with Crippen LogP contribution in [0.5, 0.6) is 11.5 Å². The van der Waals surface area contributed by atoms with Gasteiger partial charge in [-0.15, -0.1) is 0 Å². The molecule has 4 aromatic carbocycles. The van der Waals surface area contributed by atoms with Crippen molar-refractivity contribution in [1.82, 2.24) is 9.44 Å². The van der Waals surface area contributed by atoms with Gasteiger partial charge in [0.15, 0.2) is 0 Å². The zero-order valence-corrected chi connectivity index (χ0v) is 24.6. The summed E-state index contributed by atoms with van der Waals surface area (Å²) >= 11 is 0. The van der Waals surface area contributed by atoms with Gasteiger partial charge in [-0.25, -0.2) is 35.9 Å². The number of nitrogens with one attached hydrogen (secondary N) is 4. The second kappa shape index (κ2) is 12.0. The Morgan fingerprint density at radius 1 is 0.595 bits per heavy atom. The first kappa shape index (κ1) is 30.1. The summed E-state index contributed by atoms with van der Waals surface area (Å²) in [6.07, 6.45) is 0. The number of fused-ring (bicyclic) bond motifs is 1. The highest BCUT2D eigenvalue weighted by Crippen LogP contribution is 2.27. The van der Waals surface area contributed by atoms with Crippen LogP contribution in [0, 0.1) is 13.8 Å². The molecule has 4 rings (SSSR count). The third kappa shape index (κ3) is 6.56. The maximum atomic E-state index is 12.8. The summed E-state index contributed by atoms with van der Waals surface area (Å²) in [6, 6.07) is 16.6. The number of sulfonamides is 2. The van der Waals surface area contributed by atoms with Gasteiger partial charge in [-0.1, -0.05) is 24.3 Å². The second-order valence-corrected chi connectivity index (χ2v) is 12.4. The van der Waals surface area contributed by atoms with Crippen molar-refractivity contribution < 1.29 is 35.9 Å². The van der Waals surface area contributed by atoms with E-state index in [-0.39, 0.29) is 21.2 Å². The Morgan fingerprint density at radius 3 is 1.38 bits per heavy atom. The fourth-order valence-corrected chi connectivity index (χ4v) is 6.62. The number of urea groups is 2. The number of carbonyl (C=O) groups excluding carboxylic acids is 2. The quantitative estimate of drug-likeness (QED) is 0.226. The number of rotatable bonds is 8. The molecule has 42 heavy (non-hydrogen) atoms. The normalized spacial score (nSPS) is 11.4. The van der Waals surface area contributed by atoms with Gasteiger partial charge in [0.1, 0.15) is 11.5 Å². The number of ether oxygens (including phenoxy) is 2. The van der Waals surface area contributed by atoms with E-state index in [1.54, 1.807) is 62.4 Å². The van der Waals surface area contributed by atoms with E-state index in [0.29, 0.717) is 28.0 Å². The van der Waals surface area contributed by atoms with Crippen LogP contribution in [0.2, 0.25) is 0 Å². The van der Waals surface area contributed by atoms with E-state index in [9.17, 15) is 26.4 Å². The summed E-state index contributed by atoms with van der Waals surface area (Å²) in [5.41, 5.74) is 1.24. The molecule has 0 aliphatic carbocycles. The van der Waals surface area contributed by atoms with E-state index < -0.39 is 32.1 Å². The molecule has 0 spiro atoms. The van der Waals surface area contributed by atoms with Crippen LogP contribution in [0.1, 0.15) is 11.1 Å². The maximum Gasteiger partial charge on any atom is 0.333 e. The zero-order chi connectivity index (χ0) is 30.7. The molecule has 4 amide bonds. The Bertz CT molecular complexity index is 1770. The predicted molar refractivity (Wildman–Crippen MR) is 158 cm³/mol. The van der Waals surface area contributed by atoms with Crippen LogP contribution in [0.3, 0.4) is 0 Å². The van der Waals surface area contributed by atoms with Crippen molar-refractivity contribution in [3.05, 3.63) is 83.9 Å². The second-order valence-electron chi connectivity index (χ2n) is 9.06. The van der Waals surface area contributed by atoms with Gasteiger partial charge >= 0.3 is 12.1 Å². The van der Waals surface area contributed by atoms with Crippen LogP contribution in [0.25, 0.3) is 10.8 Å². The van der Waals surface area contributed by atoms with E-state index >= 15 is 0 Å². The lowest BCUT2D eigenvalue weighted by atomic mass is 10.1. The van der Waals surface area contributed by atoms with Gasteiger partial charge in [0.25, 0.3) is 20.0 Å². The average Bonchev–Trinajstić information content (AvgIpc) is 2.92. The van der Waals surface area contributed by atoms with Crippen molar-refractivity contribution in [3.8, 4) is 11.5 Å². The molecule has 0 aliphatic heterocycles. The van der Waals surface area contributed by atoms with Gasteiger partial charge in [-0.05, 0) is 73.2 Å². The molecule has 220 valence electrons. The molecular formula is C28H28N4O8S2. The topological polar surface area (TPSA) is 169 Å². The average molecular weight is 613 g/mol. The van der Waals surface area contributed by atoms with Gasteiger partial charge < -0.3 is 20.1 Å². The SMILES string of the molecule is COc1cccc(S(=O)(=O)NC(=O)Nc2ccc3ccc(NC(=O)NS(=O)(=O)c4cccc(OC)c4C)cc3c2)c1C. The monoisotopic (exact) mass is 612 g/mol. The highest BCUT2D eigenvalue weighted by atomic mass is 32.2. The smallest absolute Gasteiger partial charge is 0.333 e. The third-order valence-corrected chi connectivity index (χ3v) is 9.25. The minimum absolute atomic E-state index is 0.104. The van der Waals surface area contributed by atoms with Gasteiger partial charge in [0.05, 0.1) is 24.0 Å². The molecule has 0 fully saturated rings. The first-order chi connectivity index (χ1) is 19.8. The molecule has 4 aromatic rings. The van der Waals surface area contributed by atoms with Crippen molar-refractivity contribution in [2.45, 2.75) is 23.6 Å². The van der Waals surface area contributed by atoms with Crippen LogP contribution in [-0.2, 0) is 20.0 Å². The van der Waals surface area contributed by atoms with Gasteiger partial charge in [0.2, 0.25) is 0 Å². The lowest BCUT2D eigenvalue weighted by molar-refractivity contribution is 0.255. The van der Waals surface area contributed by atoms with Crippen molar-refractivity contribution in [2.24, 2.45) is 0 Å². The van der Waals surface area contributed by atoms with E-state index in [1.807, 2.05) is 9.44 Å². The fraction of sp³-hybridized carbons (Fsp3) is 0.143. The molecule has 12 nitrogen and oxygen atoms in total. The highest BCUT2D eigenvalue weighted by Gasteiger charge is 2.23. The van der Waals surface area contributed by atoms with Crippen molar-refractivity contribution >= 4 is 54.3 Å². The van der Waals surface area contributed by atoms with Gasteiger partial charge in [-0.3, -0.25) is 0 Å². The van der Waals surface area contributed by atoms with Crippen molar-refractivity contribution in [1.29, 1.82) is 0 Å². The molecule has 4 N–H and O–H groups in total. The van der Waals surface area contributed by atoms with Gasteiger partial charge in [0, 0.05) is 22.5 Å². The Morgan fingerprint density at radius 2 is 1.00 bits per heavy atom. The summed E-state index contributed by atoms with van der Waals surface area (Å²) in [5, 5.41) is 6.28.